The highest BCUT2D eigenvalue weighted by atomic mass is 16.5. The molecule has 3 amide bonds. The molecular formula is C39H58N4O4. The number of nitrogens with zero attached hydrogens (tertiary/aromatic N) is 1. The minimum absolute atomic E-state index is 0.155. The lowest BCUT2D eigenvalue weighted by atomic mass is 10.0. The molecule has 1 heterocycles. The van der Waals surface area contributed by atoms with Gasteiger partial charge in [-0.2, -0.15) is 0 Å². The van der Waals surface area contributed by atoms with E-state index in [9.17, 15) is 14.4 Å². The third-order valence-electron chi connectivity index (χ3n) is 7.42. The second-order valence-electron chi connectivity index (χ2n) is 11.4. The third-order valence-corrected chi connectivity index (χ3v) is 7.42. The van der Waals surface area contributed by atoms with Gasteiger partial charge in [-0.15, -0.1) is 0 Å². The second kappa shape index (κ2) is 24.1. The van der Waals surface area contributed by atoms with Crippen molar-refractivity contribution in [2.24, 2.45) is 0 Å². The molecule has 0 spiro atoms. The van der Waals surface area contributed by atoms with Crippen LogP contribution in [0.5, 0.6) is 5.75 Å². The molecule has 0 aliphatic carbocycles. The number of rotatable bonds is 14. The molecule has 8 heteroatoms. The van der Waals surface area contributed by atoms with E-state index in [4.69, 9.17) is 4.74 Å². The summed E-state index contributed by atoms with van der Waals surface area (Å²) >= 11 is 0. The minimum atomic E-state index is -0.961. The molecule has 3 aromatic carbocycles. The zero-order chi connectivity index (χ0) is 34.9. The Bertz CT molecular complexity index is 1270. The Kier molecular flexibility index (Phi) is 20.9. The summed E-state index contributed by atoms with van der Waals surface area (Å²) in [5.41, 5.74) is 2.61. The fourth-order valence-electron chi connectivity index (χ4n) is 4.90. The maximum absolute atomic E-state index is 13.2. The van der Waals surface area contributed by atoms with Crippen LogP contribution in [0.4, 0.5) is 0 Å². The third kappa shape index (κ3) is 15.3. The van der Waals surface area contributed by atoms with Crippen LogP contribution in [0, 0.1) is 6.92 Å². The summed E-state index contributed by atoms with van der Waals surface area (Å²) in [4.78, 5) is 38.9. The van der Waals surface area contributed by atoms with Gasteiger partial charge in [0.25, 0.3) is 0 Å². The average Bonchev–Trinajstić information content (AvgIpc) is 3.38. The van der Waals surface area contributed by atoms with E-state index in [0.717, 1.165) is 36.4 Å². The summed E-state index contributed by atoms with van der Waals surface area (Å²) in [5.74, 6) is 0.462. The van der Waals surface area contributed by atoms with Crippen molar-refractivity contribution in [2.75, 3.05) is 26.7 Å². The highest BCUT2D eigenvalue weighted by Gasteiger charge is 2.46. The van der Waals surface area contributed by atoms with Crippen LogP contribution < -0.4 is 20.7 Å². The van der Waals surface area contributed by atoms with Crippen molar-refractivity contribution in [3.63, 3.8) is 0 Å². The minimum Gasteiger partial charge on any atom is -0.497 e. The van der Waals surface area contributed by atoms with Crippen LogP contribution in [0.25, 0.3) is 0 Å². The van der Waals surface area contributed by atoms with Crippen molar-refractivity contribution >= 4 is 18.2 Å². The normalized spacial score (nSPS) is 15.4. The van der Waals surface area contributed by atoms with E-state index >= 15 is 0 Å². The Hall–Kier alpha value is -4.17. The molecule has 0 radical (unpaired) electrons. The number of likely N-dealkylation sites (tertiary alicyclic amines) is 1. The monoisotopic (exact) mass is 646 g/mol. The van der Waals surface area contributed by atoms with E-state index in [0.29, 0.717) is 38.8 Å². The van der Waals surface area contributed by atoms with Gasteiger partial charge in [-0.05, 0) is 69.3 Å². The predicted octanol–water partition coefficient (Wildman–Crippen LogP) is 6.47. The van der Waals surface area contributed by atoms with E-state index in [-0.39, 0.29) is 11.8 Å². The number of aryl methyl sites for hydroxylation is 2. The van der Waals surface area contributed by atoms with Crippen LogP contribution >= 0.6 is 0 Å². The number of methoxy groups -OCH3 is 1. The number of benzene rings is 3. The zero-order valence-electron chi connectivity index (χ0n) is 29.7. The molecule has 3 N–H and O–H groups in total. The standard InChI is InChI=1S/C27H36N4O4.C7H8.C3H8.C2H6/c1-27(30-20-32)14-17-31(26(27)34)24(13-12-21-8-4-3-5-9-21)25(33)29-16-7-15-28-19-22-10-6-11-23(18-22)35-2;1-7-5-3-2-4-6-7;1-3-2;1-2/h3-6,8-11,18,20,24,28H,7,12-17,19H2,1-2H3,(H,29,33)(H,30,32);2-6H,1H3;3H2,1-2H3;1-2H3/t24-,27+;;;/m0.../s1. The molecule has 8 nitrogen and oxygen atoms in total. The number of nitrogens with one attached hydrogen (secondary N) is 3. The number of hydrogen-bond donors (Lipinski definition) is 3. The number of carbonyl (C=O) groups excluding carboxylic acids is 3. The molecule has 4 rings (SSSR count). The largest absolute Gasteiger partial charge is 0.497 e. The molecule has 1 saturated heterocycles. The van der Waals surface area contributed by atoms with Crippen molar-refractivity contribution in [2.45, 2.75) is 91.8 Å². The van der Waals surface area contributed by atoms with Gasteiger partial charge >= 0.3 is 0 Å². The van der Waals surface area contributed by atoms with Crippen LogP contribution in [0.2, 0.25) is 0 Å². The first kappa shape index (κ1) is 40.9. The van der Waals surface area contributed by atoms with Gasteiger partial charge in [0.15, 0.2) is 0 Å². The first-order valence-electron chi connectivity index (χ1n) is 17.0. The van der Waals surface area contributed by atoms with Gasteiger partial charge in [0.1, 0.15) is 17.3 Å². The highest BCUT2D eigenvalue weighted by Crippen LogP contribution is 2.26. The van der Waals surface area contributed by atoms with Crippen LogP contribution in [0.3, 0.4) is 0 Å². The maximum Gasteiger partial charge on any atom is 0.248 e. The molecule has 2 atom stereocenters. The first-order chi connectivity index (χ1) is 22.8. The van der Waals surface area contributed by atoms with Crippen LogP contribution in [0.15, 0.2) is 84.9 Å². The van der Waals surface area contributed by atoms with Gasteiger partial charge < -0.3 is 25.6 Å². The Morgan fingerprint density at radius 1 is 0.957 bits per heavy atom. The fourth-order valence-corrected chi connectivity index (χ4v) is 4.90. The summed E-state index contributed by atoms with van der Waals surface area (Å²) in [6.07, 6.45) is 4.25. The number of ether oxygens (including phenoxy) is 1. The van der Waals surface area contributed by atoms with Gasteiger partial charge in [-0.25, -0.2) is 0 Å². The smallest absolute Gasteiger partial charge is 0.248 e. The van der Waals surface area contributed by atoms with E-state index in [1.807, 2.05) is 86.6 Å². The summed E-state index contributed by atoms with van der Waals surface area (Å²) in [6, 6.07) is 27.5. The lowest BCUT2D eigenvalue weighted by molar-refractivity contribution is -0.141. The van der Waals surface area contributed by atoms with Crippen molar-refractivity contribution in [1.29, 1.82) is 0 Å². The van der Waals surface area contributed by atoms with E-state index in [2.05, 4.69) is 48.9 Å². The molecule has 258 valence electrons. The molecule has 0 bridgehead atoms. The van der Waals surface area contributed by atoms with Crippen molar-refractivity contribution in [3.8, 4) is 5.75 Å². The Labute approximate surface area is 283 Å². The predicted molar refractivity (Wildman–Crippen MR) is 193 cm³/mol. The molecule has 0 saturated carbocycles. The van der Waals surface area contributed by atoms with Crippen molar-refractivity contribution in [1.82, 2.24) is 20.9 Å². The molecular weight excluding hydrogens is 588 g/mol. The molecule has 0 unspecified atom stereocenters. The summed E-state index contributed by atoms with van der Waals surface area (Å²) in [7, 11) is 1.65. The lowest BCUT2D eigenvalue weighted by Gasteiger charge is -2.29. The highest BCUT2D eigenvalue weighted by molar-refractivity contribution is 5.94. The van der Waals surface area contributed by atoms with Gasteiger partial charge in [-0.3, -0.25) is 14.4 Å². The Morgan fingerprint density at radius 3 is 2.15 bits per heavy atom. The van der Waals surface area contributed by atoms with Gasteiger partial charge in [-0.1, -0.05) is 112 Å². The number of hydrogen-bond acceptors (Lipinski definition) is 5. The molecule has 3 aromatic rings. The lowest BCUT2D eigenvalue weighted by Crippen LogP contribution is -2.54. The van der Waals surface area contributed by atoms with E-state index in [1.54, 1.807) is 18.9 Å². The quantitative estimate of drug-likeness (QED) is 0.138. The topological polar surface area (TPSA) is 99.8 Å². The Morgan fingerprint density at radius 2 is 1.57 bits per heavy atom. The molecule has 47 heavy (non-hydrogen) atoms. The van der Waals surface area contributed by atoms with Crippen molar-refractivity contribution in [3.05, 3.63) is 102 Å². The first-order valence-corrected chi connectivity index (χ1v) is 17.0. The van der Waals surface area contributed by atoms with Crippen LogP contribution in [-0.2, 0) is 27.3 Å². The van der Waals surface area contributed by atoms with Crippen LogP contribution in [0.1, 0.15) is 77.0 Å². The zero-order valence-corrected chi connectivity index (χ0v) is 29.7. The SMILES string of the molecule is CC.CCC.COc1cccc(CNCCCNC(=O)[C@H](CCc2ccccc2)N2CC[C@@](C)(NC=O)C2=O)c1.Cc1ccccc1. The van der Waals surface area contributed by atoms with Crippen molar-refractivity contribution < 1.29 is 19.1 Å². The molecule has 0 aromatic heterocycles. The average molecular weight is 647 g/mol. The molecule has 1 fully saturated rings. The summed E-state index contributed by atoms with van der Waals surface area (Å²) in [6.45, 7) is 14.5. The fraction of sp³-hybridized carbons (Fsp3) is 0.462. The van der Waals surface area contributed by atoms with Crippen LogP contribution in [-0.4, -0.2) is 61.4 Å². The van der Waals surface area contributed by atoms with E-state index < -0.39 is 11.6 Å². The second-order valence-corrected chi connectivity index (χ2v) is 11.4. The number of carbonyl (C=O) groups is 3. The van der Waals surface area contributed by atoms with Gasteiger partial charge in [0.2, 0.25) is 18.2 Å². The van der Waals surface area contributed by atoms with E-state index in [1.165, 1.54) is 12.0 Å². The number of amides is 3. The summed E-state index contributed by atoms with van der Waals surface area (Å²) < 4.78 is 5.25. The van der Waals surface area contributed by atoms with Gasteiger partial charge in [0, 0.05) is 19.6 Å². The maximum atomic E-state index is 13.2. The van der Waals surface area contributed by atoms with Gasteiger partial charge in [0.05, 0.1) is 7.11 Å². The molecule has 1 aliphatic rings. The molecule has 1 aliphatic heterocycles. The summed E-state index contributed by atoms with van der Waals surface area (Å²) in [5, 5.41) is 9.02. The Balaban J connectivity index is 0.000000782.